The maximum Gasteiger partial charge on any atom is 0.206 e. The van der Waals surface area contributed by atoms with Crippen molar-refractivity contribution in [2.24, 2.45) is 0 Å². The minimum Gasteiger partial charge on any atom is -0.489 e. The summed E-state index contributed by atoms with van der Waals surface area (Å²) in [6.07, 6.45) is 0. The zero-order valence-corrected chi connectivity index (χ0v) is 13.6. The fourth-order valence-electron chi connectivity index (χ4n) is 2.21. The Morgan fingerprint density at radius 1 is 0.708 bits per heavy atom. The lowest BCUT2D eigenvalue weighted by Crippen LogP contribution is -2.02. The molecule has 3 rings (SSSR count). The number of hydrogen-bond donors (Lipinski definition) is 0. The molecule has 0 spiro atoms. The van der Waals surface area contributed by atoms with E-state index in [1.54, 1.807) is 12.1 Å². The molecular formula is C19H15O4S. The highest BCUT2D eigenvalue weighted by Crippen LogP contribution is 2.25. The maximum absolute atomic E-state index is 12.5. The normalized spacial score (nSPS) is 11.2. The monoisotopic (exact) mass is 339 g/mol. The molecule has 5 heteroatoms. The molecule has 0 heterocycles. The van der Waals surface area contributed by atoms with E-state index >= 15 is 0 Å². The van der Waals surface area contributed by atoms with Crippen molar-refractivity contribution in [3.8, 4) is 11.5 Å². The SMILES string of the molecule is [O]c1ccc(S(=O)(=O)c2ccc(OCc3ccccc3)cc2)cc1. The summed E-state index contributed by atoms with van der Waals surface area (Å²) >= 11 is 0. The summed E-state index contributed by atoms with van der Waals surface area (Å²) in [7, 11) is -3.63. The zero-order valence-electron chi connectivity index (χ0n) is 12.8. The Morgan fingerprint density at radius 3 is 1.83 bits per heavy atom. The van der Waals surface area contributed by atoms with Crippen molar-refractivity contribution in [3.63, 3.8) is 0 Å². The van der Waals surface area contributed by atoms with Gasteiger partial charge in [0.15, 0.2) is 5.75 Å². The molecule has 0 bridgehead atoms. The van der Waals surface area contributed by atoms with Crippen LogP contribution in [0.1, 0.15) is 5.56 Å². The number of benzene rings is 3. The molecule has 1 radical (unpaired) electrons. The lowest BCUT2D eigenvalue weighted by Gasteiger charge is -2.08. The second-order valence-corrected chi connectivity index (χ2v) is 7.17. The number of sulfone groups is 1. The van der Waals surface area contributed by atoms with Crippen LogP contribution >= 0.6 is 0 Å². The fraction of sp³-hybridized carbons (Fsp3) is 0.0526. The average Bonchev–Trinajstić information content (AvgIpc) is 2.61. The summed E-state index contributed by atoms with van der Waals surface area (Å²) in [4.78, 5) is 0.258. The van der Waals surface area contributed by atoms with Crippen LogP contribution in [0.3, 0.4) is 0 Å². The van der Waals surface area contributed by atoms with Gasteiger partial charge in [0.1, 0.15) is 12.4 Å². The van der Waals surface area contributed by atoms with Gasteiger partial charge in [0, 0.05) is 0 Å². The summed E-state index contributed by atoms with van der Waals surface area (Å²) < 4.78 is 30.6. The first-order valence-electron chi connectivity index (χ1n) is 7.35. The van der Waals surface area contributed by atoms with Gasteiger partial charge in [0.05, 0.1) is 9.79 Å². The summed E-state index contributed by atoms with van der Waals surface area (Å²) in [5, 5.41) is 11.1. The molecule has 4 nitrogen and oxygen atoms in total. The van der Waals surface area contributed by atoms with Crippen molar-refractivity contribution in [3.05, 3.63) is 84.4 Å². The Kier molecular flexibility index (Phi) is 4.53. The van der Waals surface area contributed by atoms with E-state index in [0.717, 1.165) is 5.56 Å². The molecular weight excluding hydrogens is 324 g/mol. The minimum absolute atomic E-state index is 0.0973. The Balaban J connectivity index is 1.75. The van der Waals surface area contributed by atoms with Crippen molar-refractivity contribution >= 4 is 9.84 Å². The zero-order chi connectivity index (χ0) is 17.0. The Hall–Kier alpha value is -2.79. The first-order chi connectivity index (χ1) is 11.6. The number of hydrogen-bond acceptors (Lipinski definition) is 3. The largest absolute Gasteiger partial charge is 0.489 e. The summed E-state index contributed by atoms with van der Waals surface area (Å²) in [6, 6.07) is 21.1. The minimum atomic E-state index is -3.63. The van der Waals surface area contributed by atoms with Gasteiger partial charge < -0.3 is 4.74 Å². The third-order valence-electron chi connectivity index (χ3n) is 3.52. The Bertz CT molecular complexity index is 900. The standard InChI is InChI=1S/C19H15O4S/c20-16-6-10-18(11-7-16)24(21,22)19-12-8-17(9-13-19)23-14-15-4-2-1-3-5-15/h1-13H,14H2. The van der Waals surface area contributed by atoms with Crippen molar-refractivity contribution in [1.82, 2.24) is 0 Å². The van der Waals surface area contributed by atoms with Crippen molar-refractivity contribution < 1.29 is 18.3 Å². The molecule has 0 aliphatic rings. The number of rotatable bonds is 5. The molecule has 121 valence electrons. The van der Waals surface area contributed by atoms with Gasteiger partial charge in [-0.15, -0.1) is 0 Å². The highest BCUT2D eigenvalue weighted by molar-refractivity contribution is 7.91. The van der Waals surface area contributed by atoms with E-state index in [1.807, 2.05) is 30.3 Å². The molecule has 0 unspecified atom stereocenters. The van der Waals surface area contributed by atoms with Crippen LogP contribution in [0.2, 0.25) is 0 Å². The van der Waals surface area contributed by atoms with Crippen molar-refractivity contribution in [1.29, 1.82) is 0 Å². The van der Waals surface area contributed by atoms with Gasteiger partial charge in [-0.2, -0.15) is 0 Å². The van der Waals surface area contributed by atoms with Gasteiger partial charge >= 0.3 is 0 Å². The molecule has 0 aliphatic heterocycles. The van der Waals surface area contributed by atoms with Crippen molar-refractivity contribution in [2.45, 2.75) is 16.4 Å². The second kappa shape index (κ2) is 6.76. The predicted octanol–water partition coefficient (Wildman–Crippen LogP) is 4.24. The van der Waals surface area contributed by atoms with E-state index in [1.165, 1.54) is 36.4 Å². The third kappa shape index (κ3) is 3.58. The van der Waals surface area contributed by atoms with E-state index in [4.69, 9.17) is 4.74 Å². The summed E-state index contributed by atoms with van der Waals surface area (Å²) in [5.74, 6) is 0.367. The maximum atomic E-state index is 12.5. The quantitative estimate of drug-likeness (QED) is 0.698. The van der Waals surface area contributed by atoms with E-state index in [-0.39, 0.29) is 15.5 Å². The highest BCUT2D eigenvalue weighted by Gasteiger charge is 2.17. The third-order valence-corrected chi connectivity index (χ3v) is 5.30. The van der Waals surface area contributed by atoms with E-state index in [0.29, 0.717) is 12.4 Å². The molecule has 0 amide bonds. The molecule has 0 saturated heterocycles. The van der Waals surface area contributed by atoms with Crippen LogP contribution in [0.4, 0.5) is 0 Å². The molecule has 0 aromatic heterocycles. The van der Waals surface area contributed by atoms with E-state index in [9.17, 15) is 13.5 Å². The first kappa shape index (κ1) is 16.1. The lowest BCUT2D eigenvalue weighted by molar-refractivity contribution is 0.306. The van der Waals surface area contributed by atoms with Crippen LogP contribution in [-0.4, -0.2) is 8.42 Å². The molecule has 0 saturated carbocycles. The van der Waals surface area contributed by atoms with Gasteiger partial charge in [0.25, 0.3) is 0 Å². The van der Waals surface area contributed by atoms with Crippen LogP contribution in [0.5, 0.6) is 11.5 Å². The molecule has 3 aromatic rings. The Labute approximate surface area is 140 Å². The average molecular weight is 339 g/mol. The summed E-state index contributed by atoms with van der Waals surface area (Å²) in [6.45, 7) is 0.415. The second-order valence-electron chi connectivity index (χ2n) is 5.22. The molecule has 24 heavy (non-hydrogen) atoms. The van der Waals surface area contributed by atoms with E-state index in [2.05, 4.69) is 0 Å². The van der Waals surface area contributed by atoms with Crippen LogP contribution < -0.4 is 4.74 Å². The summed E-state index contributed by atoms with van der Waals surface area (Å²) in [5.41, 5.74) is 1.03. The smallest absolute Gasteiger partial charge is 0.206 e. The van der Waals surface area contributed by atoms with Gasteiger partial charge in [-0.1, -0.05) is 30.3 Å². The lowest BCUT2D eigenvalue weighted by atomic mass is 10.2. The van der Waals surface area contributed by atoms with Crippen molar-refractivity contribution in [2.75, 3.05) is 0 Å². The van der Waals surface area contributed by atoms with Gasteiger partial charge in [-0.3, -0.25) is 5.11 Å². The van der Waals surface area contributed by atoms with E-state index < -0.39 is 9.84 Å². The fourth-order valence-corrected chi connectivity index (χ4v) is 3.47. The first-order valence-corrected chi connectivity index (χ1v) is 8.83. The van der Waals surface area contributed by atoms with Crippen LogP contribution in [0.15, 0.2) is 88.7 Å². The van der Waals surface area contributed by atoms with Crippen LogP contribution in [-0.2, 0) is 21.6 Å². The molecule has 0 atom stereocenters. The van der Waals surface area contributed by atoms with Gasteiger partial charge in [0.2, 0.25) is 9.84 Å². The Morgan fingerprint density at radius 2 is 1.25 bits per heavy atom. The van der Waals surface area contributed by atoms with Crippen LogP contribution in [0, 0.1) is 0 Å². The van der Waals surface area contributed by atoms with Gasteiger partial charge in [-0.25, -0.2) is 8.42 Å². The topological polar surface area (TPSA) is 63.3 Å². The molecule has 0 aliphatic carbocycles. The molecule has 3 aromatic carbocycles. The van der Waals surface area contributed by atoms with Crippen LogP contribution in [0.25, 0.3) is 0 Å². The predicted molar refractivity (Wildman–Crippen MR) is 89.2 cm³/mol. The molecule has 0 fully saturated rings. The van der Waals surface area contributed by atoms with Gasteiger partial charge in [-0.05, 0) is 54.1 Å². The highest BCUT2D eigenvalue weighted by atomic mass is 32.2. The number of ether oxygens (including phenoxy) is 1. The molecule has 0 N–H and O–H groups in total.